The monoisotopic (exact) mass is 423 g/mol. The number of carbonyl (C=O) groups excluding carboxylic acids is 2. The molecule has 0 radical (unpaired) electrons. The quantitative estimate of drug-likeness (QED) is 0.713. The van der Waals surface area contributed by atoms with Gasteiger partial charge in [0.2, 0.25) is 11.8 Å². The van der Waals surface area contributed by atoms with Crippen LogP contribution in [0.5, 0.6) is 0 Å². The Kier molecular flexibility index (Phi) is 6.99. The van der Waals surface area contributed by atoms with Gasteiger partial charge in [-0.1, -0.05) is 29.3 Å². The molecule has 6 nitrogen and oxygen atoms in total. The normalized spacial score (nSPS) is 18.0. The van der Waals surface area contributed by atoms with E-state index >= 15 is 0 Å². The summed E-state index contributed by atoms with van der Waals surface area (Å²) in [5.74, 6) is 0.462. The molecule has 0 spiro atoms. The van der Waals surface area contributed by atoms with Crippen molar-refractivity contribution in [2.75, 3.05) is 13.1 Å². The first-order chi connectivity index (χ1) is 13.4. The number of nitrogens with one attached hydrogen (secondary N) is 2. The predicted octanol–water partition coefficient (Wildman–Crippen LogP) is 3.54. The first kappa shape index (κ1) is 20.7. The summed E-state index contributed by atoms with van der Waals surface area (Å²) in [5.41, 5.74) is 0.800. The Balaban J connectivity index is 1.52. The van der Waals surface area contributed by atoms with Crippen LogP contribution in [-0.2, 0) is 16.1 Å². The number of furan rings is 1. The molecule has 2 atom stereocenters. The lowest BCUT2D eigenvalue weighted by Crippen LogP contribution is -2.47. The van der Waals surface area contributed by atoms with Crippen molar-refractivity contribution < 1.29 is 14.0 Å². The summed E-state index contributed by atoms with van der Waals surface area (Å²) in [6.45, 7) is 3.08. The van der Waals surface area contributed by atoms with Crippen LogP contribution in [-0.4, -0.2) is 35.8 Å². The fraction of sp³-hybridized carbons (Fsp3) is 0.400. The molecule has 1 fully saturated rings. The predicted molar refractivity (Wildman–Crippen MR) is 108 cm³/mol. The van der Waals surface area contributed by atoms with Gasteiger partial charge in [-0.25, -0.2) is 0 Å². The molecule has 1 saturated heterocycles. The van der Waals surface area contributed by atoms with E-state index in [9.17, 15) is 9.59 Å². The molecule has 1 aromatic carbocycles. The van der Waals surface area contributed by atoms with E-state index in [-0.39, 0.29) is 30.4 Å². The van der Waals surface area contributed by atoms with Gasteiger partial charge >= 0.3 is 0 Å². The maximum atomic E-state index is 12.5. The number of hydrogen-bond acceptors (Lipinski definition) is 4. The number of carbonyl (C=O) groups is 2. The van der Waals surface area contributed by atoms with Gasteiger partial charge in [0.05, 0.1) is 31.4 Å². The molecule has 0 aliphatic carbocycles. The number of rotatable bonds is 7. The Morgan fingerprint density at radius 1 is 1.32 bits per heavy atom. The van der Waals surface area contributed by atoms with Crippen molar-refractivity contribution in [3.8, 4) is 0 Å². The Morgan fingerprint density at radius 3 is 2.86 bits per heavy atom. The van der Waals surface area contributed by atoms with Gasteiger partial charge in [0.25, 0.3) is 0 Å². The van der Waals surface area contributed by atoms with Crippen molar-refractivity contribution in [3.05, 3.63) is 58.0 Å². The molecule has 0 saturated carbocycles. The minimum absolute atomic E-state index is 0.0875. The van der Waals surface area contributed by atoms with Crippen LogP contribution >= 0.6 is 23.2 Å². The van der Waals surface area contributed by atoms with E-state index in [0.717, 1.165) is 18.4 Å². The number of halogens is 2. The Hall–Kier alpha value is -2.02. The highest BCUT2D eigenvalue weighted by Gasteiger charge is 2.32. The lowest BCUT2D eigenvalue weighted by atomic mass is 10.1. The maximum absolute atomic E-state index is 12.5. The van der Waals surface area contributed by atoms with Crippen molar-refractivity contribution in [1.82, 2.24) is 15.5 Å². The molecule has 2 heterocycles. The molecule has 28 heavy (non-hydrogen) atoms. The third-order valence-corrected chi connectivity index (χ3v) is 5.40. The van der Waals surface area contributed by atoms with E-state index in [2.05, 4.69) is 10.6 Å². The van der Waals surface area contributed by atoms with Crippen LogP contribution in [0.3, 0.4) is 0 Å². The molecule has 3 rings (SSSR count). The van der Waals surface area contributed by atoms with Crippen LogP contribution in [0, 0.1) is 0 Å². The summed E-state index contributed by atoms with van der Waals surface area (Å²) in [6.07, 6.45) is 3.18. The smallest absolute Gasteiger partial charge is 0.237 e. The van der Waals surface area contributed by atoms with Gasteiger partial charge < -0.3 is 15.1 Å². The summed E-state index contributed by atoms with van der Waals surface area (Å²) < 4.78 is 5.23. The lowest BCUT2D eigenvalue weighted by molar-refractivity contribution is -0.128. The SMILES string of the molecule is C[C@H](NC(=O)CN1CCC[C@H]1C(=O)NCc1ccco1)c1ccc(Cl)cc1Cl. The maximum Gasteiger partial charge on any atom is 0.237 e. The molecule has 2 amide bonds. The number of nitrogens with zero attached hydrogens (tertiary/aromatic N) is 1. The highest BCUT2D eigenvalue weighted by atomic mass is 35.5. The topological polar surface area (TPSA) is 74.6 Å². The zero-order valence-electron chi connectivity index (χ0n) is 15.6. The molecule has 2 N–H and O–H groups in total. The summed E-state index contributed by atoms with van der Waals surface area (Å²) in [4.78, 5) is 26.9. The van der Waals surface area contributed by atoms with Gasteiger partial charge in [-0.05, 0) is 56.1 Å². The van der Waals surface area contributed by atoms with E-state index in [4.69, 9.17) is 27.6 Å². The fourth-order valence-corrected chi connectivity index (χ4v) is 3.99. The number of hydrogen-bond donors (Lipinski definition) is 2. The molecule has 1 aromatic heterocycles. The van der Waals surface area contributed by atoms with Gasteiger partial charge in [0.15, 0.2) is 0 Å². The van der Waals surface area contributed by atoms with Gasteiger partial charge in [-0.15, -0.1) is 0 Å². The summed E-state index contributed by atoms with van der Waals surface area (Å²) in [5, 5.41) is 6.88. The molecule has 8 heteroatoms. The second-order valence-corrected chi connectivity index (χ2v) is 7.72. The van der Waals surface area contributed by atoms with E-state index in [1.165, 1.54) is 0 Å². The van der Waals surface area contributed by atoms with Gasteiger partial charge in [0, 0.05) is 10.0 Å². The highest BCUT2D eigenvalue weighted by Crippen LogP contribution is 2.26. The number of amides is 2. The lowest BCUT2D eigenvalue weighted by Gasteiger charge is -2.24. The average molecular weight is 424 g/mol. The van der Waals surface area contributed by atoms with E-state index in [0.29, 0.717) is 28.9 Å². The van der Waals surface area contributed by atoms with Crippen molar-refractivity contribution in [2.24, 2.45) is 0 Å². The molecular weight excluding hydrogens is 401 g/mol. The molecule has 150 valence electrons. The molecule has 1 aliphatic rings. The zero-order chi connectivity index (χ0) is 20.1. The second-order valence-electron chi connectivity index (χ2n) is 6.88. The second kappa shape index (κ2) is 9.45. The van der Waals surface area contributed by atoms with E-state index in [1.54, 1.807) is 30.5 Å². The summed E-state index contributed by atoms with van der Waals surface area (Å²) in [7, 11) is 0. The van der Waals surface area contributed by atoms with Gasteiger partial charge in [-0.3, -0.25) is 14.5 Å². The van der Waals surface area contributed by atoms with Crippen molar-refractivity contribution >= 4 is 35.0 Å². The molecule has 1 aliphatic heterocycles. The minimum atomic E-state index is -0.310. The Labute approximate surface area is 174 Å². The summed E-state index contributed by atoms with van der Waals surface area (Å²) >= 11 is 12.1. The van der Waals surface area contributed by atoms with E-state index < -0.39 is 0 Å². The third kappa shape index (κ3) is 5.28. The van der Waals surface area contributed by atoms with Gasteiger partial charge in [0.1, 0.15) is 5.76 Å². The zero-order valence-corrected chi connectivity index (χ0v) is 17.1. The first-order valence-corrected chi connectivity index (χ1v) is 9.98. The Bertz CT molecular complexity index is 826. The third-order valence-electron chi connectivity index (χ3n) is 4.84. The molecule has 0 unspecified atom stereocenters. The molecule has 2 aromatic rings. The molecule has 0 bridgehead atoms. The largest absolute Gasteiger partial charge is 0.467 e. The van der Waals surface area contributed by atoms with Crippen LogP contribution in [0.4, 0.5) is 0 Å². The van der Waals surface area contributed by atoms with Crippen LogP contribution in [0.2, 0.25) is 10.0 Å². The van der Waals surface area contributed by atoms with Gasteiger partial charge in [-0.2, -0.15) is 0 Å². The average Bonchev–Trinajstić information content (AvgIpc) is 3.31. The van der Waals surface area contributed by atoms with E-state index in [1.807, 2.05) is 17.9 Å². The summed E-state index contributed by atoms with van der Waals surface area (Å²) in [6, 6.07) is 8.22. The van der Waals surface area contributed by atoms with Crippen molar-refractivity contribution in [1.29, 1.82) is 0 Å². The van der Waals surface area contributed by atoms with Crippen molar-refractivity contribution in [2.45, 2.75) is 38.4 Å². The Morgan fingerprint density at radius 2 is 2.14 bits per heavy atom. The van der Waals surface area contributed by atoms with Crippen LogP contribution < -0.4 is 10.6 Å². The van der Waals surface area contributed by atoms with Crippen LogP contribution in [0.1, 0.15) is 37.1 Å². The fourth-order valence-electron chi connectivity index (χ4n) is 3.42. The first-order valence-electron chi connectivity index (χ1n) is 9.22. The standard InChI is InChI=1S/C20H23Cl2N3O3/c1-13(16-7-6-14(21)10-17(16)22)24-19(26)12-25-8-2-5-18(25)20(27)23-11-15-4-3-9-28-15/h3-4,6-7,9-10,13,18H,2,5,8,11-12H2,1H3,(H,23,27)(H,24,26)/t13-,18-/m0/s1. The number of benzene rings is 1. The number of likely N-dealkylation sites (tertiary alicyclic amines) is 1. The van der Waals surface area contributed by atoms with Crippen LogP contribution in [0.25, 0.3) is 0 Å². The highest BCUT2D eigenvalue weighted by molar-refractivity contribution is 6.35. The minimum Gasteiger partial charge on any atom is -0.467 e. The van der Waals surface area contributed by atoms with Crippen molar-refractivity contribution in [3.63, 3.8) is 0 Å². The molecular formula is C20H23Cl2N3O3. The van der Waals surface area contributed by atoms with Crippen LogP contribution in [0.15, 0.2) is 41.0 Å².